The molecule has 8 nitrogen and oxygen atoms in total. The largest absolute Gasteiger partial charge is 0.415 e. The van der Waals surface area contributed by atoms with Gasteiger partial charge in [-0.3, -0.25) is 4.90 Å². The summed E-state index contributed by atoms with van der Waals surface area (Å²) < 4.78 is 54.4. The molecule has 2 heterocycles. The maximum Gasteiger partial charge on any atom is 0.324 e. The molecule has 0 aliphatic carbocycles. The summed E-state index contributed by atoms with van der Waals surface area (Å²) in [6, 6.07) is 24.0. The van der Waals surface area contributed by atoms with E-state index >= 15 is 0 Å². The van der Waals surface area contributed by atoms with Crippen molar-refractivity contribution in [1.82, 2.24) is 15.1 Å². The third-order valence-corrected chi connectivity index (χ3v) is 7.91. The van der Waals surface area contributed by atoms with Crippen molar-refractivity contribution in [1.29, 1.82) is 0 Å². The molecule has 1 aliphatic rings. The number of rotatable bonds is 6. The van der Waals surface area contributed by atoms with Crippen LogP contribution in [0.2, 0.25) is 0 Å². The van der Waals surface area contributed by atoms with Crippen LogP contribution in [-0.4, -0.2) is 54.1 Å². The summed E-state index contributed by atoms with van der Waals surface area (Å²) in [5.74, 6) is -0.910. The van der Waals surface area contributed by atoms with Gasteiger partial charge in [0.1, 0.15) is 0 Å². The Kier molecular flexibility index (Phi) is 7.19. The smallest absolute Gasteiger partial charge is 0.324 e. The van der Waals surface area contributed by atoms with E-state index in [0.717, 1.165) is 16.7 Å². The van der Waals surface area contributed by atoms with Crippen LogP contribution in [0.4, 0.5) is 19.3 Å². The van der Waals surface area contributed by atoms with Gasteiger partial charge in [0.2, 0.25) is 5.89 Å². The summed E-state index contributed by atoms with van der Waals surface area (Å²) >= 11 is 0. The van der Waals surface area contributed by atoms with E-state index in [1.165, 1.54) is 0 Å². The molecule has 1 saturated heterocycles. The van der Waals surface area contributed by atoms with Crippen LogP contribution in [-0.2, 0) is 16.4 Å². The molecule has 5 rings (SSSR count). The normalized spacial score (nSPS) is 15.0. The second-order valence-electron chi connectivity index (χ2n) is 8.86. The van der Waals surface area contributed by atoms with Crippen molar-refractivity contribution in [3.05, 3.63) is 90.3 Å². The van der Waals surface area contributed by atoms with Gasteiger partial charge >= 0.3 is 12.5 Å². The van der Waals surface area contributed by atoms with Crippen LogP contribution >= 0.6 is 0 Å². The zero-order chi connectivity index (χ0) is 26.7. The minimum atomic E-state index is -3.15. The minimum absolute atomic E-state index is 0.0224. The first-order valence-corrected chi connectivity index (χ1v) is 13.7. The number of carbonyl (C=O) groups excluding carboxylic acids is 1. The lowest BCUT2D eigenvalue weighted by atomic mass is 10.1. The molecule has 0 radical (unpaired) electrons. The van der Waals surface area contributed by atoms with E-state index in [1.54, 1.807) is 34.1 Å². The fraction of sp³-hybridized carbons (Fsp3) is 0.222. The average molecular weight is 539 g/mol. The second kappa shape index (κ2) is 10.7. The van der Waals surface area contributed by atoms with E-state index in [1.807, 2.05) is 54.6 Å². The van der Waals surface area contributed by atoms with E-state index < -0.39 is 22.2 Å². The molecule has 1 aliphatic heterocycles. The van der Waals surface area contributed by atoms with Gasteiger partial charge in [0.15, 0.2) is 9.84 Å². The van der Waals surface area contributed by atoms with Crippen molar-refractivity contribution >= 4 is 21.6 Å². The van der Waals surface area contributed by atoms with Crippen molar-refractivity contribution in [2.75, 3.05) is 29.5 Å². The second-order valence-corrected chi connectivity index (χ2v) is 11.2. The highest BCUT2D eigenvalue weighted by Gasteiger charge is 2.29. The van der Waals surface area contributed by atoms with Crippen LogP contribution in [0.1, 0.15) is 17.9 Å². The third-order valence-electron chi connectivity index (χ3n) is 6.30. The van der Waals surface area contributed by atoms with Crippen LogP contribution < -0.4 is 4.90 Å². The summed E-state index contributed by atoms with van der Waals surface area (Å²) in [5.41, 5.74) is 3.94. The predicted octanol–water partition coefficient (Wildman–Crippen LogP) is 5.20. The highest BCUT2D eigenvalue weighted by molar-refractivity contribution is 7.91. The number of hydrogen-bond donors (Lipinski definition) is 0. The number of alkyl halides is 2. The van der Waals surface area contributed by atoms with Gasteiger partial charge < -0.3 is 9.32 Å². The Bertz CT molecular complexity index is 1490. The quantitative estimate of drug-likeness (QED) is 0.335. The lowest BCUT2D eigenvalue weighted by Gasteiger charge is -2.33. The first kappa shape index (κ1) is 25.5. The molecule has 3 aromatic carbocycles. The molecule has 11 heteroatoms. The Labute approximate surface area is 218 Å². The molecule has 4 aromatic rings. The average Bonchev–Trinajstić information content (AvgIpc) is 3.43. The number of halogens is 2. The molecule has 2 amide bonds. The minimum Gasteiger partial charge on any atom is -0.415 e. The maximum absolute atomic E-state index is 13.6. The standard InChI is InChI=1S/C27H24F2N4O4S/c28-24(29)26-31-30-25(37-26)22-8-6-19(7-9-22)18-33(27(34)32-14-16-38(35,36)17-15-32)23-12-10-21(11-13-23)20-4-2-1-3-5-20/h1-13,24H,14-18H2. The zero-order valence-corrected chi connectivity index (χ0v) is 21.0. The van der Waals surface area contributed by atoms with Gasteiger partial charge in [0.25, 0.3) is 5.89 Å². The van der Waals surface area contributed by atoms with Gasteiger partial charge in [-0.05, 0) is 41.0 Å². The van der Waals surface area contributed by atoms with Crippen LogP contribution in [0, 0.1) is 0 Å². The topological polar surface area (TPSA) is 96.6 Å². The SMILES string of the molecule is O=C(N1CCS(=O)(=O)CC1)N(Cc1ccc(-c2nnc(C(F)F)o2)cc1)c1ccc(-c2ccccc2)cc1. The van der Waals surface area contributed by atoms with E-state index in [4.69, 9.17) is 4.42 Å². The van der Waals surface area contributed by atoms with Crippen LogP contribution in [0.15, 0.2) is 83.3 Å². The maximum atomic E-state index is 13.6. The molecule has 0 atom stereocenters. The Hall–Kier alpha value is -4.12. The van der Waals surface area contributed by atoms with Crippen molar-refractivity contribution in [2.45, 2.75) is 13.0 Å². The number of aromatic nitrogens is 2. The molecule has 0 N–H and O–H groups in total. The number of carbonyl (C=O) groups is 1. The molecule has 0 saturated carbocycles. The molecule has 0 bridgehead atoms. The summed E-state index contributed by atoms with van der Waals surface area (Å²) in [6.45, 7) is 0.462. The molecule has 0 unspecified atom stereocenters. The van der Waals surface area contributed by atoms with Crippen molar-refractivity contribution in [3.63, 3.8) is 0 Å². The van der Waals surface area contributed by atoms with Crippen LogP contribution in [0.5, 0.6) is 0 Å². The fourth-order valence-corrected chi connectivity index (χ4v) is 5.38. The van der Waals surface area contributed by atoms with Gasteiger partial charge in [0.05, 0.1) is 18.1 Å². The van der Waals surface area contributed by atoms with E-state index in [2.05, 4.69) is 10.2 Å². The van der Waals surface area contributed by atoms with Gasteiger partial charge in [-0.25, -0.2) is 13.2 Å². The van der Waals surface area contributed by atoms with Crippen molar-refractivity contribution < 1.29 is 26.4 Å². The number of nitrogens with zero attached hydrogens (tertiary/aromatic N) is 4. The van der Waals surface area contributed by atoms with E-state index in [9.17, 15) is 22.0 Å². The lowest BCUT2D eigenvalue weighted by Crippen LogP contribution is -2.49. The van der Waals surface area contributed by atoms with Crippen LogP contribution in [0.3, 0.4) is 0 Å². The Morgan fingerprint density at radius 1 is 0.868 bits per heavy atom. The molecular weight excluding hydrogens is 514 g/mol. The summed E-state index contributed by atoms with van der Waals surface area (Å²) in [5, 5.41) is 7.01. The Morgan fingerprint density at radius 2 is 1.47 bits per heavy atom. The summed E-state index contributed by atoms with van der Waals surface area (Å²) in [7, 11) is -3.15. The van der Waals surface area contributed by atoms with E-state index in [-0.39, 0.29) is 43.1 Å². The van der Waals surface area contributed by atoms with Gasteiger partial charge in [-0.15, -0.1) is 10.2 Å². The number of anilines is 1. The fourth-order valence-electron chi connectivity index (χ4n) is 4.18. The van der Waals surface area contributed by atoms with Gasteiger partial charge in [0, 0.05) is 24.3 Å². The highest BCUT2D eigenvalue weighted by Crippen LogP contribution is 2.27. The first-order chi connectivity index (χ1) is 18.3. The summed E-state index contributed by atoms with van der Waals surface area (Å²) in [4.78, 5) is 16.7. The summed E-state index contributed by atoms with van der Waals surface area (Å²) in [6.07, 6.45) is -2.85. The van der Waals surface area contributed by atoms with Gasteiger partial charge in [-0.2, -0.15) is 8.78 Å². The molecule has 1 fully saturated rings. The number of amides is 2. The van der Waals surface area contributed by atoms with Crippen molar-refractivity contribution in [3.8, 4) is 22.6 Å². The monoisotopic (exact) mass is 538 g/mol. The first-order valence-electron chi connectivity index (χ1n) is 11.9. The molecule has 0 spiro atoms. The van der Waals surface area contributed by atoms with Crippen LogP contribution in [0.25, 0.3) is 22.6 Å². The molecule has 38 heavy (non-hydrogen) atoms. The van der Waals surface area contributed by atoms with Crippen molar-refractivity contribution in [2.24, 2.45) is 0 Å². The Morgan fingerprint density at radius 3 is 2.08 bits per heavy atom. The van der Waals surface area contributed by atoms with E-state index in [0.29, 0.717) is 11.3 Å². The Balaban J connectivity index is 1.40. The predicted molar refractivity (Wildman–Crippen MR) is 138 cm³/mol. The number of urea groups is 1. The third kappa shape index (κ3) is 5.72. The van der Waals surface area contributed by atoms with Gasteiger partial charge in [-0.1, -0.05) is 54.6 Å². The number of hydrogen-bond acceptors (Lipinski definition) is 6. The number of benzene rings is 3. The highest BCUT2D eigenvalue weighted by atomic mass is 32.2. The number of sulfone groups is 1. The molecule has 1 aromatic heterocycles. The lowest BCUT2D eigenvalue weighted by molar-refractivity contribution is 0.116. The molecule has 196 valence electrons. The zero-order valence-electron chi connectivity index (χ0n) is 20.2. The molecular formula is C27H24F2N4O4S.